The van der Waals surface area contributed by atoms with Crippen molar-refractivity contribution >= 4 is 49.7 Å². The lowest BCUT2D eigenvalue weighted by molar-refractivity contribution is -0.384. The summed E-state index contributed by atoms with van der Waals surface area (Å²) in [5.41, 5.74) is 1.19. The average molecular weight is 613 g/mol. The molecule has 0 aliphatic heterocycles. The molecule has 0 aliphatic rings. The molecule has 11 heteroatoms. The summed E-state index contributed by atoms with van der Waals surface area (Å²) in [5.74, 6) is 0.287. The zero-order valence-corrected chi connectivity index (χ0v) is 22.6. The Bertz CT molecular complexity index is 2050. The monoisotopic (exact) mass is 612 g/mol. The number of aromatic nitrogens is 2. The number of nitro benzene ring substituents is 1. The molecule has 0 unspecified atom stereocenters. The molecule has 6 aromatic rings. The molecule has 0 fully saturated rings. The number of fused-ring (bicyclic) bond motifs is 2. The number of rotatable bonds is 7. The van der Waals surface area contributed by atoms with Gasteiger partial charge in [0.05, 0.1) is 22.0 Å². The average Bonchev–Trinajstić information content (AvgIpc) is 3.39. The van der Waals surface area contributed by atoms with Gasteiger partial charge in [0.25, 0.3) is 11.2 Å². The Balaban J connectivity index is 1.47. The van der Waals surface area contributed by atoms with E-state index < -0.39 is 16.3 Å². The predicted molar refractivity (Wildman–Crippen MR) is 156 cm³/mol. The van der Waals surface area contributed by atoms with Gasteiger partial charge >= 0.3 is 0 Å². The second-order valence-electron chi connectivity index (χ2n) is 9.00. The summed E-state index contributed by atoms with van der Waals surface area (Å²) in [6.07, 6.45) is 1.29. The first-order valence-corrected chi connectivity index (χ1v) is 13.1. The number of para-hydroxylation sites is 1. The second kappa shape index (κ2) is 10.8. The number of halogens is 2. The van der Waals surface area contributed by atoms with Gasteiger partial charge in [-0.3, -0.25) is 14.9 Å². The number of hydrogen-bond acceptors (Lipinski definition) is 7. The van der Waals surface area contributed by atoms with E-state index in [0.29, 0.717) is 27.8 Å². The zero-order valence-electron chi connectivity index (χ0n) is 21.0. The highest BCUT2D eigenvalue weighted by molar-refractivity contribution is 9.10. The van der Waals surface area contributed by atoms with E-state index in [-0.39, 0.29) is 29.4 Å². The van der Waals surface area contributed by atoms with E-state index in [1.165, 1.54) is 36.5 Å². The van der Waals surface area contributed by atoms with Crippen LogP contribution in [0.4, 0.5) is 10.1 Å². The van der Waals surface area contributed by atoms with Crippen molar-refractivity contribution in [1.29, 1.82) is 0 Å². The van der Waals surface area contributed by atoms with Gasteiger partial charge < -0.3 is 9.15 Å². The van der Waals surface area contributed by atoms with Crippen molar-refractivity contribution in [2.45, 2.75) is 6.61 Å². The number of hydrogen-bond donors (Lipinski definition) is 0. The third-order valence-electron chi connectivity index (χ3n) is 6.25. The summed E-state index contributed by atoms with van der Waals surface area (Å²) in [7, 11) is 0. The summed E-state index contributed by atoms with van der Waals surface area (Å²) in [5, 5.41) is 17.0. The molecule has 0 aliphatic carbocycles. The maximum Gasteiger partial charge on any atom is 0.282 e. The normalized spacial score (nSPS) is 11.5. The summed E-state index contributed by atoms with van der Waals surface area (Å²) in [4.78, 5) is 29.2. The van der Waals surface area contributed by atoms with Gasteiger partial charge in [-0.25, -0.2) is 9.37 Å². The molecule has 4 aromatic carbocycles. The molecular weight excluding hydrogens is 595 g/mol. The molecule has 0 saturated carbocycles. The highest BCUT2D eigenvalue weighted by Gasteiger charge is 2.17. The van der Waals surface area contributed by atoms with E-state index in [1.54, 1.807) is 48.5 Å². The van der Waals surface area contributed by atoms with E-state index in [9.17, 15) is 19.3 Å². The molecule has 0 N–H and O–H groups in total. The first kappa shape index (κ1) is 26.1. The van der Waals surface area contributed by atoms with Crippen LogP contribution in [0, 0.1) is 15.9 Å². The molecule has 6 rings (SSSR count). The number of non-ortho nitro benzene ring substituents is 1. The summed E-state index contributed by atoms with van der Waals surface area (Å²) in [6.45, 7) is 0.00762. The third kappa shape index (κ3) is 5.35. The fourth-order valence-electron chi connectivity index (χ4n) is 4.30. The molecule has 0 amide bonds. The SMILES string of the molecule is O=c1c2ccccc2nc(-c2cc3cc(Br)ccc3o2)n1N=Cc1cc([N+](=O)[O-])ccc1OCc1cccc(F)c1. The van der Waals surface area contributed by atoms with Crippen molar-refractivity contribution in [3.8, 4) is 17.3 Å². The maximum absolute atomic E-state index is 13.6. The van der Waals surface area contributed by atoms with Gasteiger partial charge in [-0.05, 0) is 60.2 Å². The Hall–Kier alpha value is -5.16. The number of ether oxygens (including phenoxy) is 1. The van der Waals surface area contributed by atoms with E-state index >= 15 is 0 Å². The Kier molecular flexibility index (Phi) is 6.86. The van der Waals surface area contributed by atoms with Gasteiger partial charge in [0.1, 0.15) is 23.8 Å². The van der Waals surface area contributed by atoms with Crippen LogP contribution < -0.4 is 10.3 Å². The smallest absolute Gasteiger partial charge is 0.282 e. The van der Waals surface area contributed by atoms with Crippen molar-refractivity contribution in [2.24, 2.45) is 5.10 Å². The fourth-order valence-corrected chi connectivity index (χ4v) is 4.68. The third-order valence-corrected chi connectivity index (χ3v) is 6.75. The molecule has 0 atom stereocenters. The molecule has 0 spiro atoms. The number of benzene rings is 4. The zero-order chi connectivity index (χ0) is 28.5. The van der Waals surface area contributed by atoms with Gasteiger partial charge in [-0.15, -0.1) is 0 Å². The van der Waals surface area contributed by atoms with Crippen LogP contribution in [0.5, 0.6) is 5.75 Å². The molecular formula is C30H18BrFN4O5. The van der Waals surface area contributed by atoms with Crippen LogP contribution in [-0.4, -0.2) is 20.8 Å². The Morgan fingerprint density at radius 3 is 2.73 bits per heavy atom. The highest BCUT2D eigenvalue weighted by atomic mass is 79.9. The molecule has 41 heavy (non-hydrogen) atoms. The lowest BCUT2D eigenvalue weighted by Crippen LogP contribution is -2.20. The van der Waals surface area contributed by atoms with E-state index in [0.717, 1.165) is 14.5 Å². The molecule has 2 heterocycles. The van der Waals surface area contributed by atoms with Gasteiger partial charge in [-0.2, -0.15) is 9.78 Å². The Morgan fingerprint density at radius 1 is 1.05 bits per heavy atom. The topological polar surface area (TPSA) is 113 Å². The molecule has 0 saturated heterocycles. The Morgan fingerprint density at radius 2 is 1.90 bits per heavy atom. The van der Waals surface area contributed by atoms with Crippen LogP contribution in [0.2, 0.25) is 0 Å². The second-order valence-corrected chi connectivity index (χ2v) is 9.92. The van der Waals surface area contributed by atoms with Crippen LogP contribution in [0.15, 0.2) is 110 Å². The van der Waals surface area contributed by atoms with Crippen LogP contribution in [0.3, 0.4) is 0 Å². The van der Waals surface area contributed by atoms with Crippen LogP contribution >= 0.6 is 15.9 Å². The van der Waals surface area contributed by atoms with Crippen LogP contribution in [0.1, 0.15) is 11.1 Å². The standard InChI is InChI=1S/C30H18BrFN4O5/c31-21-8-10-27-19(13-21)15-28(41-27)29-34-25-7-2-1-6-24(25)30(37)35(29)33-16-20-14-23(36(38)39)9-11-26(20)40-17-18-4-3-5-22(32)12-18/h1-16H,17H2. The molecule has 0 radical (unpaired) electrons. The van der Waals surface area contributed by atoms with Crippen molar-refractivity contribution in [2.75, 3.05) is 0 Å². The first-order valence-electron chi connectivity index (χ1n) is 12.3. The van der Waals surface area contributed by atoms with Gasteiger partial charge in [0, 0.05) is 27.6 Å². The van der Waals surface area contributed by atoms with Crippen molar-refractivity contribution in [3.05, 3.63) is 133 Å². The number of nitro groups is 1. The minimum Gasteiger partial charge on any atom is -0.488 e. The van der Waals surface area contributed by atoms with Crippen LogP contribution in [-0.2, 0) is 6.61 Å². The molecule has 9 nitrogen and oxygen atoms in total. The summed E-state index contributed by atoms with van der Waals surface area (Å²) < 4.78 is 27.5. The number of furan rings is 1. The minimum absolute atomic E-state index is 0.00762. The fraction of sp³-hybridized carbons (Fsp3) is 0.0333. The van der Waals surface area contributed by atoms with Gasteiger partial charge in [0.15, 0.2) is 5.76 Å². The molecule has 202 valence electrons. The van der Waals surface area contributed by atoms with Crippen molar-refractivity contribution in [1.82, 2.24) is 9.66 Å². The lowest BCUT2D eigenvalue weighted by Gasteiger charge is -2.10. The van der Waals surface area contributed by atoms with E-state index in [1.807, 2.05) is 12.1 Å². The molecule has 2 aromatic heterocycles. The first-order chi connectivity index (χ1) is 19.9. The summed E-state index contributed by atoms with van der Waals surface area (Å²) in [6, 6.07) is 24.0. The van der Waals surface area contributed by atoms with Crippen molar-refractivity contribution < 1.29 is 18.5 Å². The van der Waals surface area contributed by atoms with Crippen molar-refractivity contribution in [3.63, 3.8) is 0 Å². The quantitative estimate of drug-likeness (QED) is 0.108. The minimum atomic E-state index is -0.546. The van der Waals surface area contributed by atoms with E-state index in [4.69, 9.17) is 9.15 Å². The van der Waals surface area contributed by atoms with Gasteiger partial charge in [-0.1, -0.05) is 40.2 Å². The lowest BCUT2D eigenvalue weighted by atomic mass is 10.2. The van der Waals surface area contributed by atoms with E-state index in [2.05, 4.69) is 26.0 Å². The largest absolute Gasteiger partial charge is 0.488 e. The summed E-state index contributed by atoms with van der Waals surface area (Å²) >= 11 is 3.45. The molecule has 0 bridgehead atoms. The van der Waals surface area contributed by atoms with Crippen LogP contribution in [0.25, 0.3) is 33.5 Å². The predicted octanol–water partition coefficient (Wildman–Crippen LogP) is 7.08. The maximum atomic E-state index is 13.6. The number of nitrogens with zero attached hydrogens (tertiary/aromatic N) is 4. The highest BCUT2D eigenvalue weighted by Crippen LogP contribution is 2.30. The Labute approximate surface area is 239 Å². The van der Waals surface area contributed by atoms with Gasteiger partial charge in [0.2, 0.25) is 5.82 Å².